The van der Waals surface area contributed by atoms with E-state index in [-0.39, 0.29) is 36.2 Å². The van der Waals surface area contributed by atoms with Crippen molar-refractivity contribution < 1.29 is 34.6 Å². The molecule has 11 nitrogen and oxygen atoms in total. The van der Waals surface area contributed by atoms with Gasteiger partial charge < -0.3 is 40.6 Å². The molecule has 1 amide bonds. The average Bonchev–Trinajstić information content (AvgIpc) is 3.26. The molecule has 2 aliphatic rings. The van der Waals surface area contributed by atoms with Gasteiger partial charge in [0, 0.05) is 5.82 Å². The van der Waals surface area contributed by atoms with Gasteiger partial charge >= 0.3 is 13.1 Å². The molecular weight excluding hydrogens is 407 g/mol. The number of nitrogens with two attached hydrogens (primary N) is 1. The van der Waals surface area contributed by atoms with E-state index in [1.165, 1.54) is 29.6 Å². The molecule has 2 fully saturated rings. The first-order valence-corrected chi connectivity index (χ1v) is 9.80. The van der Waals surface area contributed by atoms with Crippen LogP contribution in [0, 0.1) is 0 Å². The van der Waals surface area contributed by atoms with Crippen LogP contribution in [0.25, 0.3) is 0 Å². The van der Waals surface area contributed by atoms with E-state index >= 15 is 0 Å². The highest BCUT2D eigenvalue weighted by molar-refractivity contribution is 6.44. The number of likely N-dealkylation sites (tertiary alicyclic amines) is 1. The number of imidazole rings is 1. The molecule has 1 saturated heterocycles. The molecule has 2 aromatic rings. The molecule has 1 aromatic heterocycles. The molecule has 164 valence electrons. The van der Waals surface area contributed by atoms with Crippen molar-refractivity contribution in [3.63, 3.8) is 0 Å². The third-order valence-electron chi connectivity index (χ3n) is 5.94. The number of hydrogen-bond acceptors (Lipinski definition) is 8. The number of carbonyl (C=O) groups is 2. The Balaban J connectivity index is 1.44. The second kappa shape index (κ2) is 7.55. The lowest BCUT2D eigenvalue weighted by atomic mass is 9.81. The van der Waals surface area contributed by atoms with E-state index in [2.05, 4.69) is 9.97 Å². The zero-order valence-corrected chi connectivity index (χ0v) is 16.7. The van der Waals surface area contributed by atoms with Crippen LogP contribution in [0.15, 0.2) is 24.7 Å². The minimum absolute atomic E-state index is 0.0170. The number of ether oxygens (including phenoxy) is 1. The van der Waals surface area contributed by atoms with E-state index in [9.17, 15) is 29.9 Å². The highest BCUT2D eigenvalue weighted by Gasteiger charge is 2.48. The topological polar surface area (TPSA) is 182 Å². The van der Waals surface area contributed by atoms with E-state index in [1.54, 1.807) is 6.92 Å². The maximum absolute atomic E-state index is 12.7. The van der Waals surface area contributed by atoms with E-state index in [4.69, 9.17) is 10.5 Å². The van der Waals surface area contributed by atoms with Gasteiger partial charge in [0.15, 0.2) is 0 Å². The molecule has 31 heavy (non-hydrogen) atoms. The molecule has 1 aliphatic carbocycles. The Hall–Kier alpha value is -3.09. The maximum Gasteiger partial charge on any atom is 0.455 e. The first kappa shape index (κ1) is 21.2. The number of aromatic amines is 1. The predicted molar refractivity (Wildman–Crippen MR) is 107 cm³/mol. The lowest BCUT2D eigenvalue weighted by Gasteiger charge is -2.42. The van der Waals surface area contributed by atoms with Crippen molar-refractivity contribution in [3.05, 3.63) is 41.5 Å². The summed E-state index contributed by atoms with van der Waals surface area (Å²) in [6.45, 7) is 2.00. The van der Waals surface area contributed by atoms with Gasteiger partial charge in [-0.25, -0.2) is 9.78 Å². The van der Waals surface area contributed by atoms with E-state index < -0.39 is 36.3 Å². The summed E-state index contributed by atoms with van der Waals surface area (Å²) in [5.41, 5.74) is 5.29. The van der Waals surface area contributed by atoms with Gasteiger partial charge in [0.05, 0.1) is 31.3 Å². The van der Waals surface area contributed by atoms with Crippen LogP contribution in [-0.2, 0) is 10.3 Å². The van der Waals surface area contributed by atoms with Crippen molar-refractivity contribution in [1.29, 1.82) is 0 Å². The number of nitrogens with one attached hydrogen (secondary N) is 1. The van der Waals surface area contributed by atoms with Gasteiger partial charge in [0.1, 0.15) is 28.7 Å². The molecule has 3 atom stereocenters. The van der Waals surface area contributed by atoms with Gasteiger partial charge in [-0.3, -0.25) is 4.79 Å². The molecule has 1 saturated carbocycles. The number of benzene rings is 1. The molecule has 0 bridgehead atoms. The summed E-state index contributed by atoms with van der Waals surface area (Å²) >= 11 is 0. The van der Waals surface area contributed by atoms with Crippen LogP contribution in [0.4, 0.5) is 0 Å². The van der Waals surface area contributed by atoms with E-state index in [1.807, 2.05) is 0 Å². The quantitative estimate of drug-likeness (QED) is 0.319. The Morgan fingerprint density at radius 1 is 1.35 bits per heavy atom. The number of rotatable bonds is 7. The molecule has 1 aliphatic heterocycles. The number of nitrogens with zero attached hydrogens (tertiary/aromatic N) is 2. The van der Waals surface area contributed by atoms with Crippen LogP contribution in [0.3, 0.4) is 0 Å². The standard InChI is InChI=1S/C19H23BN4O7/c1-19(21,14-5-22-8-23-14)18(28)24-6-9(7-24)31-13-3-2-10(11-4-12(11)20(29)30)16(25)15(13)17(26)27/h2-3,5,8-9,11-12,25,29-30H,4,6-7,21H2,1H3,(H,22,23)(H,26,27)/t11-,12-,19?/m0/s1. The molecule has 0 radical (unpaired) electrons. The zero-order chi connectivity index (χ0) is 22.5. The largest absolute Gasteiger partial charge is 0.507 e. The van der Waals surface area contributed by atoms with Crippen molar-refractivity contribution in [1.82, 2.24) is 14.9 Å². The first-order valence-electron chi connectivity index (χ1n) is 9.80. The lowest BCUT2D eigenvalue weighted by Crippen LogP contribution is -2.62. The highest BCUT2D eigenvalue weighted by atomic mass is 16.5. The summed E-state index contributed by atoms with van der Waals surface area (Å²) in [5, 5.41) is 38.6. The van der Waals surface area contributed by atoms with Crippen LogP contribution < -0.4 is 10.5 Å². The van der Waals surface area contributed by atoms with Crippen molar-refractivity contribution >= 4 is 19.0 Å². The van der Waals surface area contributed by atoms with Crippen molar-refractivity contribution in [2.24, 2.45) is 5.73 Å². The predicted octanol–water partition coefficient (Wildman–Crippen LogP) is -0.392. The number of H-pyrrole nitrogens is 1. The molecule has 1 unspecified atom stereocenters. The van der Waals surface area contributed by atoms with Crippen molar-refractivity contribution in [2.45, 2.75) is 36.7 Å². The van der Waals surface area contributed by atoms with Gasteiger partial charge in [0.25, 0.3) is 0 Å². The molecule has 0 spiro atoms. The summed E-state index contributed by atoms with van der Waals surface area (Å²) in [6, 6.07) is 2.97. The van der Waals surface area contributed by atoms with Gasteiger partial charge in [-0.15, -0.1) is 0 Å². The van der Waals surface area contributed by atoms with E-state index in [0.29, 0.717) is 17.7 Å². The number of amides is 1. The number of aromatic nitrogens is 2. The Bertz CT molecular complexity index is 1000. The van der Waals surface area contributed by atoms with Crippen LogP contribution in [-0.4, -0.2) is 73.3 Å². The smallest absolute Gasteiger partial charge is 0.455 e. The number of phenols is 1. The molecule has 2 heterocycles. The molecule has 12 heteroatoms. The molecule has 1 aromatic carbocycles. The number of carbonyl (C=O) groups excluding carboxylic acids is 1. The third kappa shape index (κ3) is 3.73. The molecule has 7 N–H and O–H groups in total. The summed E-state index contributed by atoms with van der Waals surface area (Å²) in [5.74, 6) is -2.91. The Morgan fingerprint density at radius 3 is 2.61 bits per heavy atom. The second-order valence-corrected chi connectivity index (χ2v) is 8.22. The van der Waals surface area contributed by atoms with Crippen LogP contribution in [0.2, 0.25) is 5.82 Å². The fourth-order valence-electron chi connectivity index (χ4n) is 3.94. The fraction of sp³-hybridized carbons (Fsp3) is 0.421. The van der Waals surface area contributed by atoms with Gasteiger partial charge in [-0.05, 0) is 30.9 Å². The molecular formula is C19H23BN4O7. The van der Waals surface area contributed by atoms with E-state index in [0.717, 1.165) is 0 Å². The van der Waals surface area contributed by atoms with Crippen LogP contribution in [0.5, 0.6) is 11.5 Å². The van der Waals surface area contributed by atoms with Gasteiger partial charge in [-0.2, -0.15) is 0 Å². The third-order valence-corrected chi connectivity index (χ3v) is 5.94. The number of aromatic hydroxyl groups is 1. The second-order valence-electron chi connectivity index (χ2n) is 8.22. The maximum atomic E-state index is 12.7. The Kier molecular flexibility index (Phi) is 5.16. The summed E-state index contributed by atoms with van der Waals surface area (Å²) in [7, 11) is -1.53. The minimum atomic E-state index is -1.53. The Morgan fingerprint density at radius 2 is 2.06 bits per heavy atom. The number of carboxylic acids is 1. The van der Waals surface area contributed by atoms with Crippen LogP contribution >= 0.6 is 0 Å². The first-order chi connectivity index (χ1) is 14.6. The number of carboxylic acid groups (broad SMARTS) is 1. The fourth-order valence-corrected chi connectivity index (χ4v) is 3.94. The zero-order valence-electron chi connectivity index (χ0n) is 16.7. The van der Waals surface area contributed by atoms with Crippen LogP contribution in [0.1, 0.15) is 40.9 Å². The van der Waals surface area contributed by atoms with Gasteiger partial charge in [-0.1, -0.05) is 6.07 Å². The monoisotopic (exact) mass is 430 g/mol. The highest BCUT2D eigenvalue weighted by Crippen LogP contribution is 2.56. The molecule has 4 rings (SSSR count). The number of hydrogen-bond donors (Lipinski definition) is 6. The van der Waals surface area contributed by atoms with Crippen molar-refractivity contribution in [3.8, 4) is 11.5 Å². The van der Waals surface area contributed by atoms with Crippen molar-refractivity contribution in [2.75, 3.05) is 13.1 Å². The summed E-state index contributed by atoms with van der Waals surface area (Å²) < 4.78 is 5.74. The lowest BCUT2D eigenvalue weighted by molar-refractivity contribution is -0.145. The van der Waals surface area contributed by atoms with Gasteiger partial charge in [0.2, 0.25) is 5.91 Å². The summed E-state index contributed by atoms with van der Waals surface area (Å²) in [6.07, 6.45) is 2.90. The Labute approximate surface area is 177 Å². The SMILES string of the molecule is CC(N)(C(=O)N1CC(Oc2ccc([C@@H]3C[C@@H]3B(O)O)c(O)c2C(=O)O)C1)c1cnc[nH]1. The minimum Gasteiger partial charge on any atom is -0.507 e. The summed E-state index contributed by atoms with van der Waals surface area (Å²) in [4.78, 5) is 32.7. The average molecular weight is 430 g/mol. The number of aromatic carboxylic acids is 1. The normalized spacial score (nSPS) is 22.4.